The smallest absolute Gasteiger partial charge is 0.245 e. The average Bonchev–Trinajstić information content (AvgIpc) is 2.85. The Morgan fingerprint density at radius 1 is 1.00 bits per heavy atom. The van der Waals surface area contributed by atoms with Gasteiger partial charge in [0.25, 0.3) is 0 Å². The van der Waals surface area contributed by atoms with E-state index in [1.54, 1.807) is 30.3 Å². The van der Waals surface area contributed by atoms with E-state index in [0.717, 1.165) is 5.56 Å². The lowest BCUT2D eigenvalue weighted by molar-refractivity contribution is 0.0524. The second-order valence-corrected chi connectivity index (χ2v) is 7.54. The zero-order chi connectivity index (χ0) is 15.7. The molecule has 0 saturated carbocycles. The van der Waals surface area contributed by atoms with Gasteiger partial charge in [-0.2, -0.15) is 4.31 Å². The van der Waals surface area contributed by atoms with E-state index in [0.29, 0.717) is 6.42 Å². The van der Waals surface area contributed by atoms with Gasteiger partial charge in [0.15, 0.2) is 0 Å². The van der Waals surface area contributed by atoms with Crippen LogP contribution < -0.4 is 0 Å². The van der Waals surface area contributed by atoms with Crippen molar-refractivity contribution in [2.75, 3.05) is 0 Å². The maximum Gasteiger partial charge on any atom is 0.245 e. The molecule has 1 saturated heterocycles. The molecule has 0 aliphatic carbocycles. The van der Waals surface area contributed by atoms with Crippen LogP contribution in [0.5, 0.6) is 0 Å². The van der Waals surface area contributed by atoms with Crippen LogP contribution in [0.3, 0.4) is 0 Å². The maximum absolute atomic E-state index is 12.9. The van der Waals surface area contributed by atoms with Crippen LogP contribution in [-0.4, -0.2) is 24.1 Å². The highest BCUT2D eigenvalue weighted by Crippen LogP contribution is 2.42. The maximum atomic E-state index is 12.9. The third-order valence-electron chi connectivity index (χ3n) is 4.17. The molecule has 1 fully saturated rings. The van der Waals surface area contributed by atoms with Gasteiger partial charge < -0.3 is 5.11 Å². The minimum atomic E-state index is -3.73. The Labute approximate surface area is 131 Å². The highest BCUT2D eigenvalue weighted by molar-refractivity contribution is 7.89. The van der Waals surface area contributed by atoms with E-state index in [2.05, 4.69) is 0 Å². The van der Waals surface area contributed by atoms with Crippen LogP contribution in [0.4, 0.5) is 0 Å². The van der Waals surface area contributed by atoms with Gasteiger partial charge >= 0.3 is 0 Å². The summed E-state index contributed by atoms with van der Waals surface area (Å²) < 4.78 is 27.1. The SMILES string of the molecule is C[C@@H]1C[C@@H](c2ccccc2)N(S(=O)(=O)c2ccccc2)[C@H]1O. The Bertz CT molecular complexity index is 731. The molecule has 0 amide bonds. The molecule has 116 valence electrons. The van der Waals surface area contributed by atoms with Crippen molar-refractivity contribution < 1.29 is 13.5 Å². The molecule has 0 spiro atoms. The number of aliphatic hydroxyl groups is 1. The first kappa shape index (κ1) is 15.2. The Balaban J connectivity index is 2.06. The molecule has 1 aliphatic heterocycles. The molecule has 1 aliphatic rings. The van der Waals surface area contributed by atoms with Crippen LogP contribution in [0, 0.1) is 5.92 Å². The standard InChI is InChI=1S/C17H19NO3S/c1-13-12-16(14-8-4-2-5-9-14)18(17(13)19)22(20,21)15-10-6-3-7-11-15/h2-11,13,16-17,19H,12H2,1H3/t13-,16+,17+/m1/s1. The predicted molar refractivity (Wildman–Crippen MR) is 84.4 cm³/mol. The summed E-state index contributed by atoms with van der Waals surface area (Å²) in [6.45, 7) is 1.88. The summed E-state index contributed by atoms with van der Waals surface area (Å²) in [6, 6.07) is 17.4. The lowest BCUT2D eigenvalue weighted by Crippen LogP contribution is -2.38. The number of hydrogen-bond acceptors (Lipinski definition) is 3. The van der Waals surface area contributed by atoms with Gasteiger partial charge in [0.2, 0.25) is 10.0 Å². The van der Waals surface area contributed by atoms with Crippen molar-refractivity contribution >= 4 is 10.0 Å². The van der Waals surface area contributed by atoms with Gasteiger partial charge in [0, 0.05) is 0 Å². The predicted octanol–water partition coefficient (Wildman–Crippen LogP) is 2.78. The molecule has 4 nitrogen and oxygen atoms in total. The molecular formula is C17H19NO3S. The van der Waals surface area contributed by atoms with E-state index in [9.17, 15) is 13.5 Å². The molecule has 2 aromatic rings. The highest BCUT2D eigenvalue weighted by Gasteiger charge is 2.45. The molecule has 5 heteroatoms. The molecule has 0 unspecified atom stereocenters. The second-order valence-electron chi connectivity index (χ2n) is 5.70. The molecule has 0 aromatic heterocycles. The van der Waals surface area contributed by atoms with Crippen molar-refractivity contribution in [2.45, 2.75) is 30.5 Å². The third-order valence-corrected chi connectivity index (χ3v) is 6.07. The molecule has 1 heterocycles. The van der Waals surface area contributed by atoms with Crippen molar-refractivity contribution in [3.8, 4) is 0 Å². The molecular weight excluding hydrogens is 298 g/mol. The number of rotatable bonds is 3. The van der Waals surface area contributed by atoms with Crippen LogP contribution in [0.2, 0.25) is 0 Å². The van der Waals surface area contributed by atoms with Crippen LogP contribution in [0.15, 0.2) is 65.6 Å². The number of nitrogens with zero attached hydrogens (tertiary/aromatic N) is 1. The Morgan fingerprint density at radius 2 is 1.55 bits per heavy atom. The normalized spacial score (nSPS) is 26.2. The van der Waals surface area contributed by atoms with Gasteiger partial charge in [-0.25, -0.2) is 8.42 Å². The van der Waals surface area contributed by atoms with E-state index in [4.69, 9.17) is 0 Å². The van der Waals surface area contributed by atoms with Crippen molar-refractivity contribution in [2.24, 2.45) is 5.92 Å². The summed E-state index contributed by atoms with van der Waals surface area (Å²) in [4.78, 5) is 0.212. The minimum Gasteiger partial charge on any atom is -0.377 e. The number of benzene rings is 2. The van der Waals surface area contributed by atoms with E-state index in [1.807, 2.05) is 37.3 Å². The van der Waals surface area contributed by atoms with Crippen molar-refractivity contribution in [3.05, 3.63) is 66.2 Å². The summed E-state index contributed by atoms with van der Waals surface area (Å²) >= 11 is 0. The number of aliphatic hydroxyl groups excluding tert-OH is 1. The summed E-state index contributed by atoms with van der Waals surface area (Å²) in [6.07, 6.45) is -0.396. The first-order chi connectivity index (χ1) is 10.5. The fraction of sp³-hybridized carbons (Fsp3) is 0.294. The van der Waals surface area contributed by atoms with E-state index >= 15 is 0 Å². The molecule has 3 atom stereocenters. The lowest BCUT2D eigenvalue weighted by atomic mass is 10.0. The fourth-order valence-electron chi connectivity index (χ4n) is 3.00. The summed E-state index contributed by atoms with van der Waals surface area (Å²) in [5.41, 5.74) is 0.908. The third kappa shape index (κ3) is 2.56. The first-order valence-electron chi connectivity index (χ1n) is 7.33. The van der Waals surface area contributed by atoms with Gasteiger partial charge in [-0.15, -0.1) is 0 Å². The zero-order valence-electron chi connectivity index (χ0n) is 12.3. The van der Waals surface area contributed by atoms with Crippen LogP contribution >= 0.6 is 0 Å². The Kier molecular flexibility index (Phi) is 4.04. The molecule has 0 radical (unpaired) electrons. The van der Waals surface area contributed by atoms with Gasteiger partial charge in [0.1, 0.15) is 6.23 Å². The van der Waals surface area contributed by atoms with E-state index < -0.39 is 16.3 Å². The average molecular weight is 317 g/mol. The molecule has 2 aromatic carbocycles. The number of hydrogen-bond donors (Lipinski definition) is 1. The summed E-state index contributed by atoms with van der Waals surface area (Å²) in [5, 5.41) is 10.4. The van der Waals surface area contributed by atoms with Crippen LogP contribution in [0.1, 0.15) is 24.9 Å². The molecule has 1 N–H and O–H groups in total. The van der Waals surface area contributed by atoms with Crippen molar-refractivity contribution in [1.29, 1.82) is 0 Å². The molecule has 0 bridgehead atoms. The zero-order valence-corrected chi connectivity index (χ0v) is 13.1. The number of sulfonamides is 1. The fourth-order valence-corrected chi connectivity index (χ4v) is 4.77. The van der Waals surface area contributed by atoms with Crippen LogP contribution in [-0.2, 0) is 10.0 Å². The molecule has 3 rings (SSSR count). The van der Waals surface area contributed by atoms with Gasteiger partial charge in [-0.1, -0.05) is 55.5 Å². The summed E-state index contributed by atoms with van der Waals surface area (Å²) in [5.74, 6) is -0.108. The lowest BCUT2D eigenvalue weighted by Gasteiger charge is -2.27. The molecule has 22 heavy (non-hydrogen) atoms. The second kappa shape index (κ2) is 5.83. The van der Waals surface area contributed by atoms with Gasteiger partial charge in [0.05, 0.1) is 10.9 Å². The van der Waals surface area contributed by atoms with Gasteiger partial charge in [-0.3, -0.25) is 0 Å². The van der Waals surface area contributed by atoms with Crippen molar-refractivity contribution in [1.82, 2.24) is 4.31 Å². The highest BCUT2D eigenvalue weighted by atomic mass is 32.2. The quantitative estimate of drug-likeness (QED) is 0.947. The largest absolute Gasteiger partial charge is 0.377 e. The first-order valence-corrected chi connectivity index (χ1v) is 8.77. The summed E-state index contributed by atoms with van der Waals surface area (Å²) in [7, 11) is -3.73. The minimum absolute atomic E-state index is 0.108. The monoisotopic (exact) mass is 317 g/mol. The van der Waals surface area contributed by atoms with E-state index in [-0.39, 0.29) is 16.9 Å². The Morgan fingerprint density at radius 3 is 2.14 bits per heavy atom. The van der Waals surface area contributed by atoms with E-state index in [1.165, 1.54) is 4.31 Å². The topological polar surface area (TPSA) is 57.6 Å². The van der Waals surface area contributed by atoms with Gasteiger partial charge in [-0.05, 0) is 30.0 Å². The van der Waals surface area contributed by atoms with Crippen molar-refractivity contribution in [3.63, 3.8) is 0 Å². The van der Waals surface area contributed by atoms with Crippen LogP contribution in [0.25, 0.3) is 0 Å². The Hall–Kier alpha value is -1.69.